The minimum absolute atomic E-state index is 0.0396. The molecule has 0 aliphatic carbocycles. The normalized spacial score (nSPS) is 12.8. The third-order valence-electron chi connectivity index (χ3n) is 6.90. The number of para-hydroxylation sites is 2. The summed E-state index contributed by atoms with van der Waals surface area (Å²) in [6.07, 6.45) is 2.46. The maximum Gasteiger partial charge on any atom is 0.251 e. The first-order valence-electron chi connectivity index (χ1n) is 13.0. The second-order valence-corrected chi connectivity index (χ2v) is 9.65. The molecule has 0 bridgehead atoms. The summed E-state index contributed by atoms with van der Waals surface area (Å²) < 4.78 is 16.5. The maximum atomic E-state index is 13.2. The van der Waals surface area contributed by atoms with Crippen LogP contribution >= 0.6 is 0 Å². The largest absolute Gasteiger partial charge is 0.456 e. The fourth-order valence-corrected chi connectivity index (χ4v) is 4.90. The molecule has 3 aromatic carbocycles. The summed E-state index contributed by atoms with van der Waals surface area (Å²) >= 11 is 0. The smallest absolute Gasteiger partial charge is 0.251 e. The lowest BCUT2D eigenvalue weighted by molar-refractivity contribution is -0.134. The molecule has 0 aliphatic rings. The van der Waals surface area contributed by atoms with Crippen LogP contribution in [0, 0.1) is 5.92 Å². The van der Waals surface area contributed by atoms with Crippen molar-refractivity contribution in [2.75, 3.05) is 20.5 Å². The third-order valence-corrected chi connectivity index (χ3v) is 6.90. The van der Waals surface area contributed by atoms with Crippen molar-refractivity contribution >= 4 is 33.7 Å². The quantitative estimate of drug-likeness (QED) is 0.0758. The molecule has 0 unspecified atom stereocenters. The van der Waals surface area contributed by atoms with Crippen LogP contribution in [0.25, 0.3) is 33.2 Å². The second-order valence-electron chi connectivity index (χ2n) is 9.65. The number of H-pyrrole nitrogens is 1. The van der Waals surface area contributed by atoms with Crippen molar-refractivity contribution < 1.29 is 28.7 Å². The van der Waals surface area contributed by atoms with E-state index < -0.39 is 17.9 Å². The van der Waals surface area contributed by atoms with Crippen LogP contribution in [0.1, 0.15) is 22.3 Å². The van der Waals surface area contributed by atoms with E-state index in [1.807, 2.05) is 72.9 Å². The van der Waals surface area contributed by atoms with Crippen LogP contribution in [0.5, 0.6) is 0 Å². The number of ether oxygens (including phenoxy) is 2. The van der Waals surface area contributed by atoms with Gasteiger partial charge in [0.25, 0.3) is 5.91 Å². The monoisotopic (exact) mass is 541 g/mol. The number of hydrogen-bond donors (Lipinski definition) is 4. The molecule has 0 spiro atoms. The number of fused-ring (bicyclic) bond motifs is 2. The van der Waals surface area contributed by atoms with Gasteiger partial charge in [-0.15, -0.1) is 0 Å². The van der Waals surface area contributed by atoms with E-state index >= 15 is 0 Å². The maximum absolute atomic E-state index is 13.2. The Kier molecular flexibility index (Phi) is 8.56. The molecule has 4 N–H and O–H groups in total. The van der Waals surface area contributed by atoms with Crippen molar-refractivity contribution in [3.05, 3.63) is 96.2 Å². The summed E-state index contributed by atoms with van der Waals surface area (Å²) in [5.74, 6) is -0.755. The Hall–Kier alpha value is -4.44. The Morgan fingerprint density at radius 1 is 1.02 bits per heavy atom. The molecule has 2 amide bonds. The van der Waals surface area contributed by atoms with Crippen LogP contribution < -0.4 is 10.8 Å². The molecule has 2 aromatic heterocycles. The summed E-state index contributed by atoms with van der Waals surface area (Å²) in [6.45, 7) is 0.164. The first kappa shape index (κ1) is 27.1. The van der Waals surface area contributed by atoms with Gasteiger partial charge in [0.2, 0.25) is 5.91 Å². The Morgan fingerprint density at radius 2 is 1.80 bits per heavy atom. The van der Waals surface area contributed by atoms with Gasteiger partial charge in [-0.05, 0) is 48.7 Å². The molecule has 0 aliphatic heterocycles. The van der Waals surface area contributed by atoms with Crippen molar-refractivity contribution in [2.45, 2.75) is 18.9 Å². The SMILES string of the molecule is COCOC[C@H](C[C@H](Cc1c[nH]c2ccccc12)C(=O)NO)NC(=O)c1ccc(-c2cc3ccccc3o2)cc1. The predicted molar refractivity (Wildman–Crippen MR) is 151 cm³/mol. The van der Waals surface area contributed by atoms with Crippen molar-refractivity contribution in [1.82, 2.24) is 15.8 Å². The zero-order valence-electron chi connectivity index (χ0n) is 22.1. The van der Waals surface area contributed by atoms with Gasteiger partial charge < -0.3 is 24.2 Å². The number of hydrogen-bond acceptors (Lipinski definition) is 6. The van der Waals surface area contributed by atoms with Crippen molar-refractivity contribution in [3.8, 4) is 11.3 Å². The fourth-order valence-electron chi connectivity index (χ4n) is 4.90. The molecule has 206 valence electrons. The number of methoxy groups -OCH3 is 1. The summed E-state index contributed by atoms with van der Waals surface area (Å²) in [6, 6.07) is 24.2. The van der Waals surface area contributed by atoms with Gasteiger partial charge in [-0.3, -0.25) is 14.8 Å². The lowest BCUT2D eigenvalue weighted by atomic mass is 9.91. The van der Waals surface area contributed by atoms with E-state index in [1.165, 1.54) is 7.11 Å². The van der Waals surface area contributed by atoms with E-state index in [-0.39, 0.29) is 25.7 Å². The molecule has 2 atom stereocenters. The third kappa shape index (κ3) is 6.23. The number of benzene rings is 3. The zero-order chi connectivity index (χ0) is 27.9. The number of nitrogens with one attached hydrogen (secondary N) is 3. The summed E-state index contributed by atoms with van der Waals surface area (Å²) in [4.78, 5) is 29.1. The highest BCUT2D eigenvalue weighted by molar-refractivity contribution is 5.95. The van der Waals surface area contributed by atoms with E-state index in [4.69, 9.17) is 13.9 Å². The van der Waals surface area contributed by atoms with Crippen LogP contribution in [0.15, 0.2) is 89.5 Å². The number of aromatic amines is 1. The summed E-state index contributed by atoms with van der Waals surface area (Å²) in [7, 11) is 1.51. The van der Waals surface area contributed by atoms with Crippen LogP contribution in [-0.4, -0.2) is 48.6 Å². The highest BCUT2D eigenvalue weighted by Gasteiger charge is 2.26. The molecule has 0 fully saturated rings. The molecule has 0 radical (unpaired) electrons. The second kappa shape index (κ2) is 12.6. The number of carbonyl (C=O) groups is 2. The zero-order valence-corrected chi connectivity index (χ0v) is 22.1. The van der Waals surface area contributed by atoms with Gasteiger partial charge in [-0.25, -0.2) is 5.48 Å². The Labute approximate surface area is 231 Å². The van der Waals surface area contributed by atoms with Crippen LogP contribution in [0.4, 0.5) is 0 Å². The Bertz CT molecular complexity index is 1560. The van der Waals surface area contributed by atoms with E-state index in [0.29, 0.717) is 17.7 Å². The van der Waals surface area contributed by atoms with Crippen LogP contribution in [-0.2, 0) is 20.7 Å². The number of carbonyl (C=O) groups excluding carboxylic acids is 2. The van der Waals surface area contributed by atoms with Gasteiger partial charge >= 0.3 is 0 Å². The Morgan fingerprint density at radius 3 is 2.58 bits per heavy atom. The molecule has 5 rings (SSSR count). The minimum atomic E-state index is -0.629. The van der Waals surface area contributed by atoms with Gasteiger partial charge in [0.15, 0.2) is 0 Å². The fraction of sp³-hybridized carbons (Fsp3) is 0.226. The topological polar surface area (TPSA) is 126 Å². The van der Waals surface area contributed by atoms with Gasteiger partial charge in [-0.1, -0.05) is 48.5 Å². The summed E-state index contributed by atoms with van der Waals surface area (Å²) in [5, 5.41) is 14.4. The molecule has 40 heavy (non-hydrogen) atoms. The van der Waals surface area contributed by atoms with E-state index in [2.05, 4.69) is 10.3 Å². The summed E-state index contributed by atoms with van der Waals surface area (Å²) in [5.41, 5.74) is 5.78. The lowest BCUT2D eigenvalue weighted by Gasteiger charge is -2.23. The van der Waals surface area contributed by atoms with Crippen molar-refractivity contribution in [1.29, 1.82) is 0 Å². The van der Waals surface area contributed by atoms with Crippen LogP contribution in [0.2, 0.25) is 0 Å². The highest BCUT2D eigenvalue weighted by atomic mass is 16.7. The predicted octanol–water partition coefficient (Wildman–Crippen LogP) is 5.05. The van der Waals surface area contributed by atoms with Gasteiger partial charge in [-0.2, -0.15) is 0 Å². The lowest BCUT2D eigenvalue weighted by Crippen LogP contribution is -2.42. The van der Waals surface area contributed by atoms with E-state index in [0.717, 1.165) is 33.0 Å². The number of amides is 2. The molecule has 5 aromatic rings. The molecule has 9 nitrogen and oxygen atoms in total. The number of rotatable bonds is 12. The molecule has 0 saturated heterocycles. The molecule has 0 saturated carbocycles. The van der Waals surface area contributed by atoms with Gasteiger partial charge in [0.05, 0.1) is 12.6 Å². The standard InChI is InChI=1S/C31H31N3O6/c1-38-19-39-18-25(15-23(31(36)34-37)14-24-17-32-27-8-4-3-7-26(24)27)33-30(35)21-12-10-20(11-13-21)29-16-22-6-2-5-9-28(22)40-29/h2-13,16-17,23,25,32,37H,14-15,18-19H2,1H3,(H,33,35)(H,34,36)/t23-,25-/m0/s1. The first-order chi connectivity index (χ1) is 19.6. The molecule has 9 heteroatoms. The Balaban J connectivity index is 1.30. The van der Waals surface area contributed by atoms with E-state index in [1.54, 1.807) is 17.6 Å². The van der Waals surface area contributed by atoms with Gasteiger partial charge in [0, 0.05) is 46.6 Å². The minimum Gasteiger partial charge on any atom is -0.456 e. The molecular weight excluding hydrogens is 510 g/mol. The highest BCUT2D eigenvalue weighted by Crippen LogP contribution is 2.28. The van der Waals surface area contributed by atoms with Crippen molar-refractivity contribution in [2.24, 2.45) is 5.92 Å². The first-order valence-corrected chi connectivity index (χ1v) is 13.0. The van der Waals surface area contributed by atoms with Crippen LogP contribution in [0.3, 0.4) is 0 Å². The van der Waals surface area contributed by atoms with Crippen molar-refractivity contribution in [3.63, 3.8) is 0 Å². The molecular formula is C31H31N3O6. The van der Waals surface area contributed by atoms with E-state index in [9.17, 15) is 14.8 Å². The molecule has 2 heterocycles. The average Bonchev–Trinajstić information content (AvgIpc) is 3.61. The average molecular weight is 542 g/mol. The number of furan rings is 1. The number of hydroxylamine groups is 1. The van der Waals surface area contributed by atoms with Gasteiger partial charge in [0.1, 0.15) is 18.1 Å². The number of aromatic nitrogens is 1.